The second-order valence-corrected chi connectivity index (χ2v) is 7.32. The van der Waals surface area contributed by atoms with Crippen LogP contribution >= 0.6 is 11.8 Å². The van der Waals surface area contributed by atoms with Gasteiger partial charge in [0.2, 0.25) is 0 Å². The van der Waals surface area contributed by atoms with Crippen LogP contribution in [0.2, 0.25) is 0 Å². The Balaban J connectivity index is 1.56. The van der Waals surface area contributed by atoms with Gasteiger partial charge in [-0.25, -0.2) is 0 Å². The largest absolute Gasteiger partial charge is 0.378 e. The molecule has 2 N–H and O–H groups in total. The summed E-state index contributed by atoms with van der Waals surface area (Å²) in [4.78, 5) is 4.70. The molecular weight excluding hydrogens is 282 g/mol. The molecule has 1 atom stereocenters. The zero-order valence-corrected chi connectivity index (χ0v) is 14.2. The van der Waals surface area contributed by atoms with E-state index in [1.807, 2.05) is 0 Å². The standard InChI is InChI=1S/C16H31N3OS/c1-2-17-16(19-13-15-9-5-12-21-15)18-10-6-11-20-14-7-3-4-8-14/h14-15H,2-13H2,1H3,(H2,17,18,19). The van der Waals surface area contributed by atoms with Crippen molar-refractivity contribution in [3.05, 3.63) is 0 Å². The summed E-state index contributed by atoms with van der Waals surface area (Å²) in [7, 11) is 0. The smallest absolute Gasteiger partial charge is 0.191 e. The number of hydrogen-bond donors (Lipinski definition) is 2. The molecule has 0 bridgehead atoms. The number of hydrogen-bond acceptors (Lipinski definition) is 3. The van der Waals surface area contributed by atoms with Gasteiger partial charge in [-0.15, -0.1) is 0 Å². The summed E-state index contributed by atoms with van der Waals surface area (Å²) in [6, 6.07) is 0. The lowest BCUT2D eigenvalue weighted by Gasteiger charge is -2.14. The lowest BCUT2D eigenvalue weighted by Crippen LogP contribution is -2.38. The molecular formula is C16H31N3OS. The topological polar surface area (TPSA) is 45.7 Å². The van der Waals surface area contributed by atoms with Gasteiger partial charge in [-0.05, 0) is 44.8 Å². The van der Waals surface area contributed by atoms with Gasteiger partial charge in [0.25, 0.3) is 0 Å². The quantitative estimate of drug-likeness (QED) is 0.411. The third-order valence-corrected chi connectivity index (χ3v) is 5.47. The van der Waals surface area contributed by atoms with E-state index in [-0.39, 0.29) is 0 Å². The zero-order valence-electron chi connectivity index (χ0n) is 13.4. The van der Waals surface area contributed by atoms with E-state index >= 15 is 0 Å². The Bertz CT molecular complexity index is 300. The highest BCUT2D eigenvalue weighted by Crippen LogP contribution is 2.26. The zero-order chi connectivity index (χ0) is 14.8. The van der Waals surface area contributed by atoms with Gasteiger partial charge < -0.3 is 15.4 Å². The summed E-state index contributed by atoms with van der Waals surface area (Å²) in [5, 5.41) is 7.47. The highest BCUT2D eigenvalue weighted by molar-refractivity contribution is 8.00. The minimum atomic E-state index is 0.534. The van der Waals surface area contributed by atoms with Crippen molar-refractivity contribution < 1.29 is 4.74 Å². The van der Waals surface area contributed by atoms with Crippen molar-refractivity contribution in [1.29, 1.82) is 0 Å². The maximum absolute atomic E-state index is 5.88. The summed E-state index contributed by atoms with van der Waals surface area (Å²) < 4.78 is 5.88. The van der Waals surface area contributed by atoms with E-state index in [4.69, 9.17) is 9.73 Å². The maximum atomic E-state index is 5.88. The Labute approximate surface area is 133 Å². The molecule has 2 rings (SSSR count). The van der Waals surface area contributed by atoms with Gasteiger partial charge in [-0.2, -0.15) is 11.8 Å². The summed E-state index contributed by atoms with van der Waals surface area (Å²) in [5.74, 6) is 2.27. The summed E-state index contributed by atoms with van der Waals surface area (Å²) in [6.45, 7) is 5.79. The fourth-order valence-electron chi connectivity index (χ4n) is 2.91. The van der Waals surface area contributed by atoms with Gasteiger partial charge in [-0.3, -0.25) is 4.99 Å². The first kappa shape index (κ1) is 16.9. The van der Waals surface area contributed by atoms with Crippen LogP contribution in [0.25, 0.3) is 0 Å². The van der Waals surface area contributed by atoms with Crippen molar-refractivity contribution in [2.24, 2.45) is 4.99 Å². The number of rotatable bonds is 8. The molecule has 2 fully saturated rings. The van der Waals surface area contributed by atoms with E-state index in [9.17, 15) is 0 Å². The molecule has 1 saturated carbocycles. The number of guanidine groups is 1. The van der Waals surface area contributed by atoms with Crippen molar-refractivity contribution in [3.8, 4) is 0 Å². The van der Waals surface area contributed by atoms with Crippen LogP contribution in [0.1, 0.15) is 51.9 Å². The second kappa shape index (κ2) is 10.3. The SMILES string of the molecule is CCNC(=NCC1CCCS1)NCCCOC1CCCC1. The highest BCUT2D eigenvalue weighted by Gasteiger charge is 2.15. The Morgan fingerprint density at radius 2 is 2.05 bits per heavy atom. The Hall–Kier alpha value is -0.420. The molecule has 0 aromatic rings. The molecule has 4 nitrogen and oxygen atoms in total. The Morgan fingerprint density at radius 3 is 2.76 bits per heavy atom. The number of aliphatic imine (C=N–C) groups is 1. The molecule has 1 unspecified atom stereocenters. The molecule has 0 radical (unpaired) electrons. The average molecular weight is 314 g/mol. The molecule has 122 valence electrons. The highest BCUT2D eigenvalue weighted by atomic mass is 32.2. The van der Waals surface area contributed by atoms with Crippen LogP contribution in [0.5, 0.6) is 0 Å². The first-order valence-electron chi connectivity index (χ1n) is 8.64. The predicted molar refractivity (Wildman–Crippen MR) is 92.3 cm³/mol. The van der Waals surface area contributed by atoms with Crippen molar-refractivity contribution in [3.63, 3.8) is 0 Å². The van der Waals surface area contributed by atoms with Gasteiger partial charge in [0, 0.05) is 24.9 Å². The molecule has 0 aromatic heterocycles. The summed E-state index contributed by atoms with van der Waals surface area (Å²) >= 11 is 2.07. The van der Waals surface area contributed by atoms with Crippen molar-refractivity contribution in [2.75, 3.05) is 32.0 Å². The minimum Gasteiger partial charge on any atom is -0.378 e. The van der Waals surface area contributed by atoms with Gasteiger partial charge in [0.15, 0.2) is 5.96 Å². The number of thioether (sulfide) groups is 1. The van der Waals surface area contributed by atoms with Gasteiger partial charge in [0.1, 0.15) is 0 Å². The van der Waals surface area contributed by atoms with Crippen LogP contribution < -0.4 is 10.6 Å². The van der Waals surface area contributed by atoms with E-state index in [0.29, 0.717) is 6.10 Å². The van der Waals surface area contributed by atoms with Crippen LogP contribution in [0.4, 0.5) is 0 Å². The monoisotopic (exact) mass is 313 g/mol. The van der Waals surface area contributed by atoms with E-state index in [0.717, 1.165) is 43.9 Å². The normalized spacial score (nSPS) is 23.7. The average Bonchev–Trinajstić information content (AvgIpc) is 3.17. The van der Waals surface area contributed by atoms with Crippen molar-refractivity contribution in [2.45, 2.75) is 63.2 Å². The third-order valence-electron chi connectivity index (χ3n) is 4.09. The van der Waals surface area contributed by atoms with Crippen LogP contribution in [-0.4, -0.2) is 49.3 Å². The first-order valence-corrected chi connectivity index (χ1v) is 9.68. The Kier molecular flexibility index (Phi) is 8.33. The number of ether oxygens (including phenoxy) is 1. The van der Waals surface area contributed by atoms with Crippen LogP contribution in [0, 0.1) is 0 Å². The van der Waals surface area contributed by atoms with E-state index in [1.165, 1.54) is 44.3 Å². The summed E-state index contributed by atoms with van der Waals surface area (Å²) in [6.07, 6.45) is 9.48. The fraction of sp³-hybridized carbons (Fsp3) is 0.938. The molecule has 0 spiro atoms. The summed E-state index contributed by atoms with van der Waals surface area (Å²) in [5.41, 5.74) is 0. The molecule has 1 heterocycles. The fourth-order valence-corrected chi connectivity index (χ4v) is 4.09. The third kappa shape index (κ3) is 6.92. The first-order chi connectivity index (χ1) is 10.4. The van der Waals surface area contributed by atoms with Crippen molar-refractivity contribution >= 4 is 17.7 Å². The molecule has 5 heteroatoms. The number of nitrogens with one attached hydrogen (secondary N) is 2. The molecule has 1 aliphatic carbocycles. The lowest BCUT2D eigenvalue weighted by molar-refractivity contribution is 0.0574. The van der Waals surface area contributed by atoms with E-state index < -0.39 is 0 Å². The minimum absolute atomic E-state index is 0.534. The maximum Gasteiger partial charge on any atom is 0.191 e. The van der Waals surface area contributed by atoms with Crippen LogP contribution in [0.3, 0.4) is 0 Å². The molecule has 21 heavy (non-hydrogen) atoms. The van der Waals surface area contributed by atoms with E-state index in [2.05, 4.69) is 29.3 Å². The van der Waals surface area contributed by atoms with Crippen LogP contribution in [-0.2, 0) is 4.74 Å². The lowest BCUT2D eigenvalue weighted by atomic mass is 10.2. The molecule has 2 aliphatic rings. The van der Waals surface area contributed by atoms with Gasteiger partial charge in [-0.1, -0.05) is 12.8 Å². The Morgan fingerprint density at radius 1 is 1.19 bits per heavy atom. The van der Waals surface area contributed by atoms with Gasteiger partial charge >= 0.3 is 0 Å². The molecule has 0 aromatic carbocycles. The van der Waals surface area contributed by atoms with Crippen LogP contribution in [0.15, 0.2) is 4.99 Å². The molecule has 0 amide bonds. The second-order valence-electron chi connectivity index (χ2n) is 5.91. The molecule has 1 aliphatic heterocycles. The number of nitrogens with zero attached hydrogens (tertiary/aromatic N) is 1. The van der Waals surface area contributed by atoms with E-state index in [1.54, 1.807) is 0 Å². The van der Waals surface area contributed by atoms with Gasteiger partial charge in [0.05, 0.1) is 12.6 Å². The predicted octanol–water partition coefficient (Wildman–Crippen LogP) is 2.79. The molecule has 1 saturated heterocycles. The van der Waals surface area contributed by atoms with Crippen molar-refractivity contribution in [1.82, 2.24) is 10.6 Å².